The third-order valence-corrected chi connectivity index (χ3v) is 4.46. The smallest absolute Gasteiger partial charge is 0.132 e. The molecule has 1 aliphatic rings. The van der Waals surface area contributed by atoms with Crippen molar-refractivity contribution < 1.29 is 8.78 Å². The van der Waals surface area contributed by atoms with Crippen molar-refractivity contribution in [3.63, 3.8) is 0 Å². The molecule has 1 aromatic heterocycles. The Labute approximate surface area is 108 Å². The van der Waals surface area contributed by atoms with Gasteiger partial charge in [0.1, 0.15) is 11.6 Å². The third-order valence-electron chi connectivity index (χ3n) is 3.19. The molecule has 0 bridgehead atoms. The highest BCUT2D eigenvalue weighted by atomic mass is 32.1. The molecule has 0 atom stereocenters. The zero-order chi connectivity index (χ0) is 12.5. The molecule has 0 radical (unpaired) electrons. The summed E-state index contributed by atoms with van der Waals surface area (Å²) in [4.78, 5) is 2.12. The zero-order valence-corrected chi connectivity index (χ0v) is 10.6. The standard InChI is InChI=1S/C14H13F2NS/c15-10-1-2-12(16)11(8-10)14-7-9-3-5-17-6-4-13(9)18-14/h1-2,7-8,17H,3-6H2. The number of thiophene rings is 1. The molecule has 3 rings (SSSR count). The van der Waals surface area contributed by atoms with Crippen LogP contribution in [0.5, 0.6) is 0 Å². The van der Waals surface area contributed by atoms with E-state index in [9.17, 15) is 8.78 Å². The van der Waals surface area contributed by atoms with Gasteiger partial charge in [-0.1, -0.05) is 0 Å². The first-order chi connectivity index (χ1) is 8.74. The molecule has 0 unspecified atom stereocenters. The summed E-state index contributed by atoms with van der Waals surface area (Å²) in [6, 6.07) is 5.63. The molecule has 94 valence electrons. The average molecular weight is 265 g/mol. The van der Waals surface area contributed by atoms with Crippen LogP contribution in [-0.2, 0) is 12.8 Å². The molecule has 0 fully saturated rings. The fourth-order valence-corrected chi connectivity index (χ4v) is 3.49. The first kappa shape index (κ1) is 11.8. The van der Waals surface area contributed by atoms with Crippen molar-refractivity contribution in [3.8, 4) is 10.4 Å². The van der Waals surface area contributed by atoms with Gasteiger partial charge < -0.3 is 5.32 Å². The van der Waals surface area contributed by atoms with Gasteiger partial charge >= 0.3 is 0 Å². The van der Waals surface area contributed by atoms with Crippen molar-refractivity contribution in [2.75, 3.05) is 13.1 Å². The second-order valence-corrected chi connectivity index (χ2v) is 5.57. The van der Waals surface area contributed by atoms with Crippen LogP contribution in [0.1, 0.15) is 10.4 Å². The van der Waals surface area contributed by atoms with Gasteiger partial charge in [-0.25, -0.2) is 8.78 Å². The van der Waals surface area contributed by atoms with Crippen LogP contribution in [0.15, 0.2) is 24.3 Å². The van der Waals surface area contributed by atoms with Crippen LogP contribution >= 0.6 is 11.3 Å². The SMILES string of the molecule is Fc1ccc(F)c(-c2cc3c(s2)CCNCC3)c1. The van der Waals surface area contributed by atoms with Gasteiger partial charge in [0.15, 0.2) is 0 Å². The Kier molecular flexibility index (Phi) is 3.14. The molecule has 0 amide bonds. The average Bonchev–Trinajstić information content (AvgIpc) is 2.63. The lowest BCUT2D eigenvalue weighted by atomic mass is 10.1. The Morgan fingerprint density at radius 3 is 2.78 bits per heavy atom. The summed E-state index contributed by atoms with van der Waals surface area (Å²) in [5.74, 6) is -0.748. The van der Waals surface area contributed by atoms with Gasteiger partial charge in [0.2, 0.25) is 0 Å². The van der Waals surface area contributed by atoms with E-state index in [0.717, 1.165) is 36.9 Å². The zero-order valence-electron chi connectivity index (χ0n) is 9.80. The minimum Gasteiger partial charge on any atom is -0.316 e. The fraction of sp³-hybridized carbons (Fsp3) is 0.286. The molecular weight excluding hydrogens is 252 g/mol. The molecule has 0 saturated carbocycles. The summed E-state index contributed by atoms with van der Waals surface area (Å²) in [5.41, 5.74) is 1.64. The molecular formula is C14H13F2NS. The molecule has 0 saturated heterocycles. The van der Waals surface area contributed by atoms with E-state index in [2.05, 4.69) is 5.32 Å². The van der Waals surface area contributed by atoms with E-state index in [1.807, 2.05) is 6.07 Å². The summed E-state index contributed by atoms with van der Waals surface area (Å²) in [6.07, 6.45) is 1.93. The highest BCUT2D eigenvalue weighted by Crippen LogP contribution is 2.34. The van der Waals surface area contributed by atoms with Crippen molar-refractivity contribution >= 4 is 11.3 Å². The van der Waals surface area contributed by atoms with Gasteiger partial charge in [-0.05, 0) is 55.8 Å². The molecule has 1 aliphatic heterocycles. The van der Waals surface area contributed by atoms with E-state index in [1.54, 1.807) is 11.3 Å². The van der Waals surface area contributed by atoms with E-state index in [-0.39, 0.29) is 5.82 Å². The number of nitrogens with one attached hydrogen (secondary N) is 1. The predicted octanol–water partition coefficient (Wildman–Crippen LogP) is 3.38. The van der Waals surface area contributed by atoms with Crippen molar-refractivity contribution in [2.24, 2.45) is 0 Å². The summed E-state index contributed by atoms with van der Waals surface area (Å²) in [7, 11) is 0. The van der Waals surface area contributed by atoms with Crippen molar-refractivity contribution in [1.29, 1.82) is 0 Å². The molecule has 0 spiro atoms. The van der Waals surface area contributed by atoms with Crippen LogP contribution in [0.4, 0.5) is 8.78 Å². The molecule has 1 nitrogen and oxygen atoms in total. The lowest BCUT2D eigenvalue weighted by molar-refractivity contribution is 0.603. The Bertz CT molecular complexity index is 554. The number of halogens is 2. The first-order valence-corrected chi connectivity index (χ1v) is 6.83. The normalized spacial score (nSPS) is 15.2. The van der Waals surface area contributed by atoms with Crippen molar-refractivity contribution in [1.82, 2.24) is 5.32 Å². The monoisotopic (exact) mass is 265 g/mol. The lowest BCUT2D eigenvalue weighted by Crippen LogP contribution is -2.16. The van der Waals surface area contributed by atoms with E-state index >= 15 is 0 Å². The number of fused-ring (bicyclic) bond motifs is 1. The minimum absolute atomic E-state index is 0.356. The summed E-state index contributed by atoms with van der Waals surface area (Å²) in [5, 5.41) is 3.33. The minimum atomic E-state index is -0.392. The molecule has 1 aromatic carbocycles. The highest BCUT2D eigenvalue weighted by Gasteiger charge is 2.15. The Balaban J connectivity index is 2.04. The van der Waals surface area contributed by atoms with Gasteiger partial charge in [-0.3, -0.25) is 0 Å². The second-order valence-electron chi connectivity index (χ2n) is 4.43. The van der Waals surface area contributed by atoms with Crippen LogP contribution < -0.4 is 5.32 Å². The largest absolute Gasteiger partial charge is 0.316 e. The predicted molar refractivity (Wildman–Crippen MR) is 69.9 cm³/mol. The highest BCUT2D eigenvalue weighted by molar-refractivity contribution is 7.15. The molecule has 2 aromatic rings. The van der Waals surface area contributed by atoms with Crippen LogP contribution in [0.2, 0.25) is 0 Å². The van der Waals surface area contributed by atoms with E-state index in [1.165, 1.54) is 22.6 Å². The Hall–Kier alpha value is -1.26. The molecule has 18 heavy (non-hydrogen) atoms. The van der Waals surface area contributed by atoms with Crippen LogP contribution in [-0.4, -0.2) is 13.1 Å². The topological polar surface area (TPSA) is 12.0 Å². The molecule has 2 heterocycles. The van der Waals surface area contributed by atoms with Gasteiger partial charge in [0.25, 0.3) is 0 Å². The van der Waals surface area contributed by atoms with Gasteiger partial charge in [0, 0.05) is 15.3 Å². The third kappa shape index (κ3) is 2.18. The Morgan fingerprint density at radius 1 is 1.06 bits per heavy atom. The van der Waals surface area contributed by atoms with Crippen LogP contribution in [0, 0.1) is 11.6 Å². The van der Waals surface area contributed by atoms with E-state index < -0.39 is 5.82 Å². The summed E-state index contributed by atoms with van der Waals surface area (Å²) >= 11 is 1.58. The number of hydrogen-bond donors (Lipinski definition) is 1. The van der Waals surface area contributed by atoms with Gasteiger partial charge in [0.05, 0.1) is 0 Å². The summed E-state index contributed by atoms with van der Waals surface area (Å²) < 4.78 is 26.9. The maximum absolute atomic E-state index is 13.7. The van der Waals surface area contributed by atoms with E-state index in [0.29, 0.717) is 5.56 Å². The molecule has 4 heteroatoms. The quantitative estimate of drug-likeness (QED) is 0.833. The van der Waals surface area contributed by atoms with Crippen molar-refractivity contribution in [3.05, 3.63) is 46.3 Å². The second kappa shape index (κ2) is 4.78. The van der Waals surface area contributed by atoms with Crippen LogP contribution in [0.25, 0.3) is 10.4 Å². The first-order valence-electron chi connectivity index (χ1n) is 6.02. The van der Waals surface area contributed by atoms with Crippen LogP contribution in [0.3, 0.4) is 0 Å². The Morgan fingerprint density at radius 2 is 1.89 bits per heavy atom. The summed E-state index contributed by atoms with van der Waals surface area (Å²) in [6.45, 7) is 1.91. The van der Waals surface area contributed by atoms with Gasteiger partial charge in [-0.15, -0.1) is 11.3 Å². The lowest BCUT2D eigenvalue weighted by Gasteiger charge is -2.00. The fourth-order valence-electron chi connectivity index (χ4n) is 2.26. The number of hydrogen-bond acceptors (Lipinski definition) is 2. The van der Waals surface area contributed by atoms with Gasteiger partial charge in [-0.2, -0.15) is 0 Å². The van der Waals surface area contributed by atoms with Crippen molar-refractivity contribution in [2.45, 2.75) is 12.8 Å². The maximum Gasteiger partial charge on any atom is 0.132 e. The number of rotatable bonds is 1. The van der Waals surface area contributed by atoms with E-state index in [4.69, 9.17) is 0 Å². The molecule has 0 aliphatic carbocycles. The molecule has 1 N–H and O–H groups in total. The number of benzene rings is 1. The maximum atomic E-state index is 13.7.